The van der Waals surface area contributed by atoms with Gasteiger partial charge in [-0.15, -0.1) is 0 Å². The fourth-order valence-electron chi connectivity index (χ4n) is 2.47. The molecule has 3 rings (SSSR count). The maximum Gasteiger partial charge on any atom is 0.195 e. The Bertz CT molecular complexity index is 442. The molecule has 0 aromatic carbocycles. The summed E-state index contributed by atoms with van der Waals surface area (Å²) in [5.74, 6) is 1.85. The highest BCUT2D eigenvalue weighted by Crippen LogP contribution is 2.38. The van der Waals surface area contributed by atoms with Gasteiger partial charge in [-0.3, -0.25) is 10.00 Å². The highest BCUT2D eigenvalue weighted by Gasteiger charge is 2.30. The third-order valence-electron chi connectivity index (χ3n) is 3.81. The molecule has 0 spiro atoms. The number of aromatic amines is 1. The van der Waals surface area contributed by atoms with Crippen LogP contribution in [0.2, 0.25) is 0 Å². The number of nitrogens with zero attached hydrogens (tertiary/aromatic N) is 3. The third kappa shape index (κ3) is 2.45. The Morgan fingerprint density at radius 3 is 2.76 bits per heavy atom. The molecule has 1 aromatic rings. The van der Waals surface area contributed by atoms with Crippen molar-refractivity contribution in [2.45, 2.75) is 51.1 Å². The lowest BCUT2D eigenvalue weighted by Gasteiger charge is -2.20. The van der Waals surface area contributed by atoms with E-state index >= 15 is 0 Å². The van der Waals surface area contributed by atoms with E-state index in [-0.39, 0.29) is 0 Å². The smallest absolute Gasteiger partial charge is 0.195 e. The van der Waals surface area contributed by atoms with E-state index in [1.807, 2.05) is 0 Å². The summed E-state index contributed by atoms with van der Waals surface area (Å²) in [6, 6.07) is 0.838. The second-order valence-corrected chi connectivity index (χ2v) is 5.56. The second kappa shape index (κ2) is 4.53. The summed E-state index contributed by atoms with van der Waals surface area (Å²) in [5, 5.41) is 7.31. The molecule has 1 aromatic heterocycles. The molecule has 2 aliphatic carbocycles. The van der Waals surface area contributed by atoms with Crippen molar-refractivity contribution in [1.82, 2.24) is 19.7 Å². The van der Waals surface area contributed by atoms with Crippen LogP contribution in [0.3, 0.4) is 0 Å². The summed E-state index contributed by atoms with van der Waals surface area (Å²) < 4.78 is 3.00. The van der Waals surface area contributed by atoms with Crippen LogP contribution in [0.25, 0.3) is 0 Å². The Labute approximate surface area is 107 Å². The van der Waals surface area contributed by atoms with Crippen molar-refractivity contribution in [3.8, 4) is 0 Å². The van der Waals surface area contributed by atoms with Crippen LogP contribution >= 0.6 is 12.2 Å². The first kappa shape index (κ1) is 11.4. The van der Waals surface area contributed by atoms with E-state index < -0.39 is 0 Å². The summed E-state index contributed by atoms with van der Waals surface area (Å²) in [4.78, 5) is 2.56. The number of hydrogen-bond donors (Lipinski definition) is 1. The van der Waals surface area contributed by atoms with Gasteiger partial charge in [-0.1, -0.05) is 6.92 Å². The predicted molar refractivity (Wildman–Crippen MR) is 69.7 cm³/mol. The van der Waals surface area contributed by atoms with Crippen LogP contribution in [-0.4, -0.2) is 38.8 Å². The van der Waals surface area contributed by atoms with Crippen molar-refractivity contribution in [2.75, 3.05) is 13.1 Å². The molecule has 5 heteroatoms. The van der Waals surface area contributed by atoms with Gasteiger partial charge < -0.3 is 4.57 Å². The van der Waals surface area contributed by atoms with Gasteiger partial charge in [0, 0.05) is 25.0 Å². The van der Waals surface area contributed by atoms with Gasteiger partial charge in [0.1, 0.15) is 5.82 Å². The zero-order valence-corrected chi connectivity index (χ0v) is 11.2. The minimum atomic E-state index is 0.666. The average Bonchev–Trinajstić information content (AvgIpc) is 3.21. The van der Waals surface area contributed by atoms with Crippen molar-refractivity contribution in [2.24, 2.45) is 0 Å². The first-order valence-corrected chi connectivity index (χ1v) is 7.09. The van der Waals surface area contributed by atoms with Crippen molar-refractivity contribution in [1.29, 1.82) is 0 Å². The summed E-state index contributed by atoms with van der Waals surface area (Å²) in [6.45, 7) is 5.49. The van der Waals surface area contributed by atoms with Crippen LogP contribution in [0, 0.1) is 4.77 Å². The topological polar surface area (TPSA) is 36.9 Å². The Morgan fingerprint density at radius 1 is 1.41 bits per heavy atom. The predicted octanol–water partition coefficient (Wildman–Crippen LogP) is 2.30. The van der Waals surface area contributed by atoms with E-state index in [9.17, 15) is 0 Å². The molecule has 94 valence electrons. The summed E-state index contributed by atoms with van der Waals surface area (Å²) in [5.41, 5.74) is 0. The second-order valence-electron chi connectivity index (χ2n) is 5.17. The summed E-state index contributed by atoms with van der Waals surface area (Å²) >= 11 is 5.32. The minimum absolute atomic E-state index is 0.666. The molecule has 17 heavy (non-hydrogen) atoms. The van der Waals surface area contributed by atoms with Crippen LogP contribution in [0.4, 0.5) is 0 Å². The number of H-pyrrole nitrogens is 1. The number of rotatable bonds is 6. The van der Waals surface area contributed by atoms with Crippen LogP contribution in [-0.2, 0) is 6.54 Å². The van der Waals surface area contributed by atoms with E-state index in [0.29, 0.717) is 5.92 Å². The lowest BCUT2D eigenvalue weighted by atomic mass is 10.4. The van der Waals surface area contributed by atoms with E-state index in [2.05, 4.69) is 26.6 Å². The molecular weight excluding hydrogens is 232 g/mol. The van der Waals surface area contributed by atoms with Crippen LogP contribution in [0.5, 0.6) is 0 Å². The molecule has 2 saturated carbocycles. The quantitative estimate of drug-likeness (QED) is 0.789. The maximum atomic E-state index is 5.32. The van der Waals surface area contributed by atoms with E-state index in [1.54, 1.807) is 0 Å². The highest BCUT2D eigenvalue weighted by atomic mass is 32.1. The van der Waals surface area contributed by atoms with Gasteiger partial charge in [0.15, 0.2) is 4.77 Å². The molecule has 0 amide bonds. The van der Waals surface area contributed by atoms with E-state index in [0.717, 1.165) is 30.4 Å². The molecule has 0 radical (unpaired) electrons. The van der Waals surface area contributed by atoms with Crippen molar-refractivity contribution < 1.29 is 0 Å². The molecule has 1 heterocycles. The Hall–Kier alpha value is -0.680. The molecule has 0 unspecified atom stereocenters. The zero-order valence-electron chi connectivity index (χ0n) is 10.4. The van der Waals surface area contributed by atoms with Crippen LogP contribution in [0.15, 0.2) is 0 Å². The Morgan fingerprint density at radius 2 is 2.18 bits per heavy atom. The van der Waals surface area contributed by atoms with Gasteiger partial charge in [-0.2, -0.15) is 5.10 Å². The zero-order chi connectivity index (χ0) is 11.8. The van der Waals surface area contributed by atoms with E-state index in [4.69, 9.17) is 12.2 Å². The lowest BCUT2D eigenvalue weighted by molar-refractivity contribution is 0.264. The fourth-order valence-corrected chi connectivity index (χ4v) is 2.70. The largest absolute Gasteiger partial charge is 0.303 e. The molecule has 4 nitrogen and oxygen atoms in total. The molecule has 0 atom stereocenters. The molecule has 0 aliphatic heterocycles. The first-order valence-electron chi connectivity index (χ1n) is 6.68. The number of nitrogens with one attached hydrogen (secondary N) is 1. The summed E-state index contributed by atoms with van der Waals surface area (Å²) in [7, 11) is 0. The average molecular weight is 252 g/mol. The third-order valence-corrected chi connectivity index (χ3v) is 4.12. The van der Waals surface area contributed by atoms with Crippen LogP contribution in [0.1, 0.15) is 44.3 Å². The molecule has 2 fully saturated rings. The van der Waals surface area contributed by atoms with Crippen molar-refractivity contribution in [3.63, 3.8) is 0 Å². The van der Waals surface area contributed by atoms with Crippen molar-refractivity contribution in [3.05, 3.63) is 10.6 Å². The molecule has 0 bridgehead atoms. The lowest BCUT2D eigenvalue weighted by Crippen LogP contribution is -2.29. The Kier molecular flexibility index (Phi) is 3.04. The van der Waals surface area contributed by atoms with Gasteiger partial charge in [0.25, 0.3) is 0 Å². The molecule has 2 aliphatic rings. The number of aromatic nitrogens is 3. The Balaban J connectivity index is 1.67. The normalized spacial score (nSPS) is 20.1. The van der Waals surface area contributed by atoms with Gasteiger partial charge >= 0.3 is 0 Å². The highest BCUT2D eigenvalue weighted by molar-refractivity contribution is 7.71. The maximum absolute atomic E-state index is 5.32. The van der Waals surface area contributed by atoms with Crippen LogP contribution < -0.4 is 0 Å². The monoisotopic (exact) mass is 252 g/mol. The minimum Gasteiger partial charge on any atom is -0.303 e. The van der Waals surface area contributed by atoms with Gasteiger partial charge in [0.05, 0.1) is 0 Å². The SMILES string of the molecule is CCN(CCn1c(C2CC2)n[nH]c1=S)C1CC1. The number of hydrogen-bond acceptors (Lipinski definition) is 3. The molecule has 0 saturated heterocycles. The van der Waals surface area contributed by atoms with E-state index in [1.165, 1.54) is 31.5 Å². The fraction of sp³-hybridized carbons (Fsp3) is 0.833. The standard InChI is InChI=1S/C12H20N4S/c1-2-15(10-5-6-10)7-8-16-11(9-3-4-9)13-14-12(16)17/h9-10H,2-8H2,1H3,(H,14,17). The van der Waals surface area contributed by atoms with Crippen molar-refractivity contribution >= 4 is 12.2 Å². The number of likely N-dealkylation sites (N-methyl/N-ethyl adjacent to an activating group) is 1. The molecular formula is C12H20N4S. The van der Waals surface area contributed by atoms with Gasteiger partial charge in [0.2, 0.25) is 0 Å². The van der Waals surface area contributed by atoms with Gasteiger partial charge in [-0.25, -0.2) is 0 Å². The molecule has 1 N–H and O–H groups in total. The van der Waals surface area contributed by atoms with Gasteiger partial charge in [-0.05, 0) is 44.4 Å². The first-order chi connectivity index (χ1) is 8.29. The summed E-state index contributed by atoms with van der Waals surface area (Å²) in [6.07, 6.45) is 5.31.